The Morgan fingerprint density at radius 2 is 1.74 bits per heavy atom. The second-order valence-electron chi connectivity index (χ2n) is 16.8. The molecular formula is C40H54N4O8S. The van der Waals surface area contributed by atoms with Crippen LogP contribution in [0.4, 0.5) is 4.79 Å². The number of likely N-dealkylation sites (tertiary alicyclic amines) is 1. The summed E-state index contributed by atoms with van der Waals surface area (Å²) < 4.78 is 38.5. The predicted octanol–water partition coefficient (Wildman–Crippen LogP) is 5.33. The third kappa shape index (κ3) is 9.23. The number of sulfonamides is 1. The molecule has 0 aromatic heterocycles. The number of ether oxygens (including phenoxy) is 2. The van der Waals surface area contributed by atoms with E-state index in [0.717, 1.165) is 22.1 Å². The van der Waals surface area contributed by atoms with E-state index < -0.39 is 73.5 Å². The van der Waals surface area contributed by atoms with E-state index in [4.69, 9.17) is 9.47 Å². The van der Waals surface area contributed by atoms with Gasteiger partial charge in [0.15, 0.2) is 0 Å². The number of nitrogens with one attached hydrogen (secondary N) is 3. The highest BCUT2D eigenvalue weighted by Gasteiger charge is 2.62. The van der Waals surface area contributed by atoms with Gasteiger partial charge in [-0.05, 0) is 66.3 Å². The number of hydrogen-bond acceptors (Lipinski definition) is 8. The molecule has 0 spiro atoms. The van der Waals surface area contributed by atoms with Crippen molar-refractivity contribution < 1.29 is 37.1 Å². The number of carbonyl (C=O) groups is 4. The summed E-state index contributed by atoms with van der Waals surface area (Å²) in [5.74, 6) is -1.54. The number of alkyl carbamates (subject to hydrolysis) is 1. The van der Waals surface area contributed by atoms with Crippen molar-refractivity contribution in [2.45, 2.75) is 96.5 Å². The first kappa shape index (κ1) is 39.8. The van der Waals surface area contributed by atoms with Crippen LogP contribution in [0.5, 0.6) is 5.75 Å². The average Bonchev–Trinajstić information content (AvgIpc) is 4.02. The Hall–Kier alpha value is -4.39. The minimum Gasteiger partial charge on any atom is -0.496 e. The number of methoxy groups -OCH3 is 1. The molecular weight excluding hydrogens is 697 g/mol. The minimum atomic E-state index is -3.84. The summed E-state index contributed by atoms with van der Waals surface area (Å²) in [6.07, 6.45) is 6.89. The lowest BCUT2D eigenvalue weighted by Crippen LogP contribution is -2.60. The van der Waals surface area contributed by atoms with Crippen molar-refractivity contribution in [2.75, 3.05) is 20.3 Å². The first-order valence-corrected chi connectivity index (χ1v) is 19.8. The zero-order chi connectivity index (χ0) is 38.9. The zero-order valence-electron chi connectivity index (χ0n) is 31.9. The second kappa shape index (κ2) is 15.2. The molecule has 3 aliphatic rings. The van der Waals surface area contributed by atoms with Crippen molar-refractivity contribution in [3.63, 3.8) is 0 Å². The van der Waals surface area contributed by atoms with Gasteiger partial charge in [0.2, 0.25) is 21.8 Å². The molecule has 4 amide bonds. The summed E-state index contributed by atoms with van der Waals surface area (Å²) in [7, 11) is -2.20. The largest absolute Gasteiger partial charge is 0.496 e. The fourth-order valence-corrected chi connectivity index (χ4v) is 8.26. The molecule has 0 bridgehead atoms. The number of carbonyl (C=O) groups excluding carboxylic acids is 4. The van der Waals surface area contributed by atoms with Gasteiger partial charge in [0.05, 0.1) is 19.0 Å². The van der Waals surface area contributed by atoms with Gasteiger partial charge in [-0.2, -0.15) is 0 Å². The summed E-state index contributed by atoms with van der Waals surface area (Å²) in [5, 5.41) is 7.14. The van der Waals surface area contributed by atoms with E-state index in [1.54, 1.807) is 7.11 Å². The lowest BCUT2D eigenvalue weighted by Gasteiger charge is -2.35. The van der Waals surface area contributed by atoms with Crippen LogP contribution in [0.25, 0.3) is 16.8 Å². The van der Waals surface area contributed by atoms with Crippen molar-refractivity contribution in [1.82, 2.24) is 20.3 Å². The fraction of sp³-hybridized carbons (Fsp3) is 0.550. The smallest absolute Gasteiger partial charge is 0.407 e. The molecule has 13 heteroatoms. The highest BCUT2D eigenvalue weighted by molar-refractivity contribution is 7.91. The Bertz CT molecular complexity index is 1900. The first-order chi connectivity index (χ1) is 24.8. The van der Waals surface area contributed by atoms with Crippen molar-refractivity contribution in [1.29, 1.82) is 0 Å². The zero-order valence-corrected chi connectivity index (χ0v) is 32.7. The lowest BCUT2D eigenvalue weighted by molar-refractivity contribution is -0.142. The second-order valence-corrected chi connectivity index (χ2v) is 18.7. The van der Waals surface area contributed by atoms with Crippen LogP contribution in [-0.2, 0) is 29.1 Å². The highest BCUT2D eigenvalue weighted by Crippen LogP contribution is 2.45. The van der Waals surface area contributed by atoms with Crippen molar-refractivity contribution in [3.05, 3.63) is 60.7 Å². The number of amides is 4. The van der Waals surface area contributed by atoms with Gasteiger partial charge in [-0.15, -0.1) is 6.58 Å². The van der Waals surface area contributed by atoms with Crippen LogP contribution in [0, 0.1) is 22.7 Å². The first-order valence-electron chi connectivity index (χ1n) is 18.3. The number of benzene rings is 2. The van der Waals surface area contributed by atoms with Crippen LogP contribution in [0.1, 0.15) is 79.2 Å². The van der Waals surface area contributed by atoms with Crippen molar-refractivity contribution >= 4 is 50.7 Å². The van der Waals surface area contributed by atoms with E-state index in [-0.39, 0.29) is 25.5 Å². The van der Waals surface area contributed by atoms with Crippen LogP contribution >= 0.6 is 0 Å². The van der Waals surface area contributed by atoms with E-state index in [9.17, 15) is 27.6 Å². The number of hydrogen-bond donors (Lipinski definition) is 3. The maximum absolute atomic E-state index is 14.2. The van der Waals surface area contributed by atoms with Gasteiger partial charge in [-0.25, -0.2) is 13.2 Å². The predicted molar refractivity (Wildman–Crippen MR) is 204 cm³/mol. The molecule has 12 nitrogen and oxygen atoms in total. The Morgan fingerprint density at radius 3 is 2.32 bits per heavy atom. The average molecular weight is 751 g/mol. The number of nitrogens with zero attached hydrogens (tertiary/aromatic N) is 1. The summed E-state index contributed by atoms with van der Waals surface area (Å²) in [6, 6.07) is 10.2. The molecule has 0 radical (unpaired) electrons. The fourth-order valence-electron chi connectivity index (χ4n) is 6.90. The van der Waals surface area contributed by atoms with E-state index in [2.05, 4.69) is 28.0 Å². The molecule has 3 fully saturated rings. The minimum absolute atomic E-state index is 0.0416. The van der Waals surface area contributed by atoms with E-state index in [1.165, 1.54) is 11.0 Å². The molecule has 1 saturated heterocycles. The highest BCUT2D eigenvalue weighted by atomic mass is 32.2. The van der Waals surface area contributed by atoms with Crippen LogP contribution < -0.4 is 20.1 Å². The molecule has 5 atom stereocenters. The molecule has 2 aromatic carbocycles. The number of rotatable bonds is 14. The molecule has 1 aliphatic heterocycles. The third-order valence-corrected chi connectivity index (χ3v) is 12.2. The van der Waals surface area contributed by atoms with Gasteiger partial charge >= 0.3 is 6.09 Å². The Balaban J connectivity index is 1.21. The summed E-state index contributed by atoms with van der Waals surface area (Å²) in [4.78, 5) is 55.9. The standard InChI is InChI=1S/C40H54N4O8S/c1-9-29-22-40(29,36(47)43-53(49,50)30-16-17-30)42-34(45)31-19-25(2)23-44(31)35(46)33(38(3,4)5)41-37(48)52-24-39(6,7)18-12-15-28-20-26-13-10-11-14-27(26)21-32(28)51-8/h9-15,20-21,25,29-31,33H,1,16-19,22-24H2,2-8H3,(H,41,48)(H,42,45)(H,43,47). The topological polar surface area (TPSA) is 160 Å². The van der Waals surface area contributed by atoms with Gasteiger partial charge in [0.25, 0.3) is 5.91 Å². The maximum atomic E-state index is 14.2. The van der Waals surface area contributed by atoms with Gasteiger partial charge in [0.1, 0.15) is 23.4 Å². The van der Waals surface area contributed by atoms with Crippen LogP contribution in [-0.4, -0.2) is 80.3 Å². The number of fused-ring (bicyclic) bond motifs is 1. The Labute approximate surface area is 313 Å². The molecule has 2 saturated carbocycles. The molecule has 3 N–H and O–H groups in total. The Kier molecular flexibility index (Phi) is 11.4. The molecule has 5 unspecified atom stereocenters. The third-order valence-electron chi connectivity index (χ3n) is 10.4. The van der Waals surface area contributed by atoms with Gasteiger partial charge in [-0.1, -0.05) is 84.0 Å². The quantitative estimate of drug-likeness (QED) is 0.219. The van der Waals surface area contributed by atoms with Gasteiger partial charge in [0, 0.05) is 23.4 Å². The molecule has 2 aliphatic carbocycles. The SMILES string of the molecule is C=CC1CC1(NC(=O)C1CC(C)CN1C(=O)C(NC(=O)OCC(C)(C)CC=Cc1cc2ccccc2cc1OC)C(C)(C)C)C(=O)NS(=O)(=O)C1CC1. The monoisotopic (exact) mass is 750 g/mol. The van der Waals surface area contributed by atoms with E-state index >= 15 is 0 Å². The van der Waals surface area contributed by atoms with Crippen LogP contribution in [0.3, 0.4) is 0 Å². The van der Waals surface area contributed by atoms with Crippen LogP contribution in [0.2, 0.25) is 0 Å². The Morgan fingerprint density at radius 1 is 1.08 bits per heavy atom. The molecule has 2 aromatic rings. The van der Waals surface area contributed by atoms with Crippen LogP contribution in [0.15, 0.2) is 55.1 Å². The summed E-state index contributed by atoms with van der Waals surface area (Å²) >= 11 is 0. The molecule has 5 rings (SSSR count). The summed E-state index contributed by atoms with van der Waals surface area (Å²) in [5.41, 5.74) is -1.70. The van der Waals surface area contributed by atoms with Crippen molar-refractivity contribution in [2.24, 2.45) is 22.7 Å². The summed E-state index contributed by atoms with van der Waals surface area (Å²) in [6.45, 7) is 15.4. The molecule has 53 heavy (non-hydrogen) atoms. The van der Waals surface area contributed by atoms with Gasteiger partial charge < -0.3 is 25.0 Å². The molecule has 1 heterocycles. The molecule has 288 valence electrons. The normalized spacial score (nSPS) is 23.7. The van der Waals surface area contributed by atoms with Gasteiger partial charge in [-0.3, -0.25) is 19.1 Å². The maximum Gasteiger partial charge on any atom is 0.407 e. The van der Waals surface area contributed by atoms with E-state index in [0.29, 0.717) is 25.7 Å². The number of allylic oxidation sites excluding steroid dienone is 1. The lowest BCUT2D eigenvalue weighted by atomic mass is 9.85. The van der Waals surface area contributed by atoms with E-state index in [1.807, 2.05) is 84.0 Å². The van der Waals surface area contributed by atoms with Crippen molar-refractivity contribution in [3.8, 4) is 5.75 Å².